The summed E-state index contributed by atoms with van der Waals surface area (Å²) in [5, 5.41) is 0. The molecule has 0 saturated carbocycles. The van der Waals surface area contributed by atoms with Crippen LogP contribution < -0.4 is 0 Å². The second kappa shape index (κ2) is 6.11. The first kappa shape index (κ1) is 12.5. The third kappa shape index (κ3) is 3.23. The van der Waals surface area contributed by atoms with Crippen LogP contribution in [0.1, 0.15) is 25.0 Å². The van der Waals surface area contributed by atoms with Crippen molar-refractivity contribution in [3.8, 4) is 0 Å². The van der Waals surface area contributed by atoms with Crippen molar-refractivity contribution in [3.05, 3.63) is 41.5 Å². The number of hydrogen-bond donors (Lipinski definition) is 0. The van der Waals surface area contributed by atoms with Crippen LogP contribution in [-0.2, 0) is 4.79 Å². The van der Waals surface area contributed by atoms with E-state index >= 15 is 0 Å². The number of hydrogen-bond acceptors (Lipinski definition) is 1. The highest BCUT2D eigenvalue weighted by Gasteiger charge is 2.04. The summed E-state index contributed by atoms with van der Waals surface area (Å²) in [6.45, 7) is 7.54. The van der Waals surface area contributed by atoms with Gasteiger partial charge >= 0.3 is 0 Å². The predicted octanol–water partition coefficient (Wildman–Crippen LogP) is 2.88. The first-order valence-electron chi connectivity index (χ1n) is 5.71. The second-order valence-corrected chi connectivity index (χ2v) is 3.70. The Morgan fingerprint density at radius 1 is 1.25 bits per heavy atom. The SMILES string of the molecule is CCN(CC)C(=O)/C=C/c1ccccc1C. The second-order valence-electron chi connectivity index (χ2n) is 3.70. The van der Waals surface area contributed by atoms with E-state index in [1.165, 1.54) is 5.56 Å². The van der Waals surface area contributed by atoms with Gasteiger partial charge in [-0.05, 0) is 38.0 Å². The van der Waals surface area contributed by atoms with Gasteiger partial charge in [0.1, 0.15) is 0 Å². The summed E-state index contributed by atoms with van der Waals surface area (Å²) in [7, 11) is 0. The number of rotatable bonds is 4. The van der Waals surface area contributed by atoms with Gasteiger partial charge in [0.25, 0.3) is 0 Å². The van der Waals surface area contributed by atoms with Gasteiger partial charge in [0, 0.05) is 19.2 Å². The molecule has 0 bridgehead atoms. The summed E-state index contributed by atoms with van der Waals surface area (Å²) < 4.78 is 0. The lowest BCUT2D eigenvalue weighted by molar-refractivity contribution is -0.125. The highest BCUT2D eigenvalue weighted by molar-refractivity contribution is 5.91. The van der Waals surface area contributed by atoms with Gasteiger partial charge in [0.15, 0.2) is 0 Å². The van der Waals surface area contributed by atoms with E-state index in [9.17, 15) is 4.79 Å². The Balaban J connectivity index is 2.74. The Kier molecular flexibility index (Phi) is 4.77. The van der Waals surface area contributed by atoms with Gasteiger partial charge in [0.2, 0.25) is 5.91 Å². The molecule has 2 heteroatoms. The number of likely N-dealkylation sites (N-methyl/N-ethyl adjacent to an activating group) is 1. The quantitative estimate of drug-likeness (QED) is 0.710. The molecule has 1 aromatic carbocycles. The first-order valence-corrected chi connectivity index (χ1v) is 5.71. The van der Waals surface area contributed by atoms with Crippen LogP contribution in [0.2, 0.25) is 0 Å². The van der Waals surface area contributed by atoms with Crippen LogP contribution in [0.4, 0.5) is 0 Å². The molecule has 1 rings (SSSR count). The van der Waals surface area contributed by atoms with E-state index in [-0.39, 0.29) is 5.91 Å². The standard InChI is InChI=1S/C14H19NO/c1-4-15(5-2)14(16)11-10-13-9-7-6-8-12(13)3/h6-11H,4-5H2,1-3H3/b11-10+. The minimum absolute atomic E-state index is 0.0771. The zero-order valence-corrected chi connectivity index (χ0v) is 10.2. The Bertz CT molecular complexity index is 378. The van der Waals surface area contributed by atoms with E-state index in [0.29, 0.717) is 0 Å². The van der Waals surface area contributed by atoms with E-state index in [1.54, 1.807) is 11.0 Å². The molecule has 16 heavy (non-hydrogen) atoms. The molecule has 0 aliphatic heterocycles. The van der Waals surface area contributed by atoms with Crippen molar-refractivity contribution in [2.45, 2.75) is 20.8 Å². The molecule has 0 spiro atoms. The highest BCUT2D eigenvalue weighted by atomic mass is 16.2. The van der Waals surface area contributed by atoms with Gasteiger partial charge in [-0.2, -0.15) is 0 Å². The van der Waals surface area contributed by atoms with Crippen molar-refractivity contribution in [1.82, 2.24) is 4.90 Å². The fraction of sp³-hybridized carbons (Fsp3) is 0.357. The van der Waals surface area contributed by atoms with Crippen LogP contribution in [-0.4, -0.2) is 23.9 Å². The lowest BCUT2D eigenvalue weighted by atomic mass is 10.1. The fourth-order valence-corrected chi connectivity index (χ4v) is 1.58. The molecule has 86 valence electrons. The Morgan fingerprint density at radius 2 is 1.88 bits per heavy atom. The average Bonchev–Trinajstić information content (AvgIpc) is 2.29. The molecule has 0 aromatic heterocycles. The minimum Gasteiger partial charge on any atom is -0.340 e. The Morgan fingerprint density at radius 3 is 2.44 bits per heavy atom. The Hall–Kier alpha value is -1.57. The maximum absolute atomic E-state index is 11.7. The van der Waals surface area contributed by atoms with Gasteiger partial charge in [-0.25, -0.2) is 0 Å². The number of carbonyl (C=O) groups is 1. The van der Waals surface area contributed by atoms with Crippen molar-refractivity contribution in [2.24, 2.45) is 0 Å². The maximum atomic E-state index is 11.7. The van der Waals surface area contributed by atoms with Crippen molar-refractivity contribution in [1.29, 1.82) is 0 Å². The average molecular weight is 217 g/mol. The van der Waals surface area contributed by atoms with E-state index in [1.807, 2.05) is 51.1 Å². The van der Waals surface area contributed by atoms with Crippen LogP contribution in [0.3, 0.4) is 0 Å². The number of carbonyl (C=O) groups excluding carboxylic acids is 1. The molecule has 0 aliphatic rings. The predicted molar refractivity (Wildman–Crippen MR) is 68.1 cm³/mol. The highest BCUT2D eigenvalue weighted by Crippen LogP contribution is 2.09. The molecule has 0 radical (unpaired) electrons. The molecule has 2 nitrogen and oxygen atoms in total. The fourth-order valence-electron chi connectivity index (χ4n) is 1.58. The van der Waals surface area contributed by atoms with Crippen LogP contribution in [0, 0.1) is 6.92 Å². The van der Waals surface area contributed by atoms with Crippen molar-refractivity contribution < 1.29 is 4.79 Å². The molecule has 0 heterocycles. The lowest BCUT2D eigenvalue weighted by Gasteiger charge is -2.15. The normalized spacial score (nSPS) is 10.7. The zero-order chi connectivity index (χ0) is 12.0. The van der Waals surface area contributed by atoms with Crippen LogP contribution >= 0.6 is 0 Å². The molecule has 0 saturated heterocycles. The number of amides is 1. The van der Waals surface area contributed by atoms with Gasteiger partial charge in [-0.3, -0.25) is 4.79 Å². The largest absolute Gasteiger partial charge is 0.340 e. The maximum Gasteiger partial charge on any atom is 0.246 e. The van der Waals surface area contributed by atoms with Gasteiger partial charge in [-0.15, -0.1) is 0 Å². The van der Waals surface area contributed by atoms with E-state index in [0.717, 1.165) is 18.7 Å². The third-order valence-corrected chi connectivity index (χ3v) is 2.67. The van der Waals surface area contributed by atoms with Crippen LogP contribution in [0.15, 0.2) is 30.3 Å². The van der Waals surface area contributed by atoms with Crippen molar-refractivity contribution in [3.63, 3.8) is 0 Å². The van der Waals surface area contributed by atoms with Gasteiger partial charge in [-0.1, -0.05) is 24.3 Å². The molecule has 0 atom stereocenters. The minimum atomic E-state index is 0.0771. The lowest BCUT2D eigenvalue weighted by Crippen LogP contribution is -2.28. The first-order chi connectivity index (χ1) is 7.69. The van der Waals surface area contributed by atoms with E-state index in [2.05, 4.69) is 0 Å². The van der Waals surface area contributed by atoms with Crippen molar-refractivity contribution >= 4 is 12.0 Å². The molecular formula is C14H19NO. The number of benzene rings is 1. The molecule has 1 aromatic rings. The number of aryl methyl sites for hydroxylation is 1. The van der Waals surface area contributed by atoms with E-state index in [4.69, 9.17) is 0 Å². The smallest absolute Gasteiger partial charge is 0.246 e. The summed E-state index contributed by atoms with van der Waals surface area (Å²) in [4.78, 5) is 13.5. The molecule has 0 N–H and O–H groups in total. The van der Waals surface area contributed by atoms with Crippen LogP contribution in [0.5, 0.6) is 0 Å². The molecule has 0 fully saturated rings. The molecule has 0 aliphatic carbocycles. The van der Waals surface area contributed by atoms with E-state index < -0.39 is 0 Å². The summed E-state index contributed by atoms with van der Waals surface area (Å²) >= 11 is 0. The summed E-state index contributed by atoms with van der Waals surface area (Å²) in [5.74, 6) is 0.0771. The monoisotopic (exact) mass is 217 g/mol. The summed E-state index contributed by atoms with van der Waals surface area (Å²) in [5.41, 5.74) is 2.29. The van der Waals surface area contributed by atoms with Crippen molar-refractivity contribution in [2.75, 3.05) is 13.1 Å². The zero-order valence-electron chi connectivity index (χ0n) is 10.2. The third-order valence-electron chi connectivity index (χ3n) is 2.67. The summed E-state index contributed by atoms with van der Waals surface area (Å²) in [6.07, 6.45) is 3.53. The topological polar surface area (TPSA) is 20.3 Å². The molecule has 1 amide bonds. The molecular weight excluding hydrogens is 198 g/mol. The van der Waals surface area contributed by atoms with Crippen LogP contribution in [0.25, 0.3) is 6.08 Å². The van der Waals surface area contributed by atoms with Gasteiger partial charge < -0.3 is 4.90 Å². The Labute approximate surface area is 97.6 Å². The summed E-state index contributed by atoms with van der Waals surface area (Å²) in [6, 6.07) is 8.04. The number of nitrogens with zero attached hydrogens (tertiary/aromatic N) is 1. The molecule has 0 unspecified atom stereocenters. The van der Waals surface area contributed by atoms with Gasteiger partial charge in [0.05, 0.1) is 0 Å².